The molecule has 0 unspecified atom stereocenters. The van der Waals surface area contributed by atoms with E-state index in [-0.39, 0.29) is 22.7 Å². The average Bonchev–Trinajstić information content (AvgIpc) is 3.33. The third-order valence-corrected chi connectivity index (χ3v) is 4.32. The monoisotopic (exact) mass is 409 g/mol. The lowest BCUT2D eigenvalue weighted by Gasteiger charge is -2.12. The molecular weight excluding hydrogens is 389 g/mol. The van der Waals surface area contributed by atoms with Crippen molar-refractivity contribution < 1.29 is 18.4 Å². The molecule has 0 aliphatic heterocycles. The Morgan fingerprint density at radius 3 is 2.70 bits per heavy atom. The molecule has 9 heteroatoms. The largest absolute Gasteiger partial charge is 0.453 e. The minimum Gasteiger partial charge on any atom is -0.453 e. The van der Waals surface area contributed by atoms with Crippen LogP contribution in [0.3, 0.4) is 0 Å². The molecule has 3 N–H and O–H groups in total. The number of aromatic amines is 1. The topological polar surface area (TPSA) is 105 Å². The third-order valence-electron chi connectivity index (χ3n) is 4.32. The van der Waals surface area contributed by atoms with Crippen LogP contribution < -0.4 is 15.4 Å². The summed E-state index contributed by atoms with van der Waals surface area (Å²) in [6.45, 7) is 5.91. The lowest BCUT2D eigenvalue weighted by Crippen LogP contribution is -2.19. The number of hydrogen-bond acceptors (Lipinski definition) is 5. The fourth-order valence-corrected chi connectivity index (χ4v) is 2.77. The van der Waals surface area contributed by atoms with Gasteiger partial charge in [-0.3, -0.25) is 5.32 Å². The molecule has 154 valence electrons. The molecule has 0 fully saturated rings. The molecule has 4 rings (SSSR count). The molecule has 4 aromatic rings. The van der Waals surface area contributed by atoms with Gasteiger partial charge >= 0.3 is 6.03 Å². The fourth-order valence-electron chi connectivity index (χ4n) is 2.77. The zero-order chi connectivity index (χ0) is 21.3. The van der Waals surface area contributed by atoms with Gasteiger partial charge in [0.25, 0.3) is 0 Å². The number of urea groups is 1. The number of nitrogens with zero attached hydrogens (tertiary/aromatic N) is 2. The van der Waals surface area contributed by atoms with E-state index in [1.165, 1.54) is 18.2 Å². The summed E-state index contributed by atoms with van der Waals surface area (Å²) < 4.78 is 25.4. The molecule has 0 radical (unpaired) electrons. The molecule has 30 heavy (non-hydrogen) atoms. The summed E-state index contributed by atoms with van der Waals surface area (Å²) in [5.41, 5.74) is 0.673. The predicted octanol–water partition coefficient (Wildman–Crippen LogP) is 5.42. The van der Waals surface area contributed by atoms with Crippen LogP contribution in [0.2, 0.25) is 0 Å². The van der Waals surface area contributed by atoms with E-state index in [0.29, 0.717) is 17.2 Å². The summed E-state index contributed by atoms with van der Waals surface area (Å²) in [5, 5.41) is 9.66. The van der Waals surface area contributed by atoms with Gasteiger partial charge in [-0.25, -0.2) is 14.2 Å². The van der Waals surface area contributed by atoms with Gasteiger partial charge in [-0.15, -0.1) is 0 Å². The van der Waals surface area contributed by atoms with Crippen molar-refractivity contribution in [1.29, 1.82) is 0 Å². The van der Waals surface area contributed by atoms with E-state index >= 15 is 0 Å². The minimum atomic E-state index is -0.621. The molecular formula is C21H20FN5O3. The van der Waals surface area contributed by atoms with Crippen molar-refractivity contribution in [1.82, 2.24) is 15.1 Å². The van der Waals surface area contributed by atoms with Crippen LogP contribution in [0.15, 0.2) is 53.3 Å². The summed E-state index contributed by atoms with van der Waals surface area (Å²) in [6, 6.07) is 8.68. The second-order valence-corrected chi connectivity index (χ2v) is 7.70. The normalized spacial score (nSPS) is 11.5. The van der Waals surface area contributed by atoms with Gasteiger partial charge in [0.15, 0.2) is 17.4 Å². The van der Waals surface area contributed by atoms with E-state index in [0.717, 1.165) is 5.39 Å². The number of benzene rings is 1. The lowest BCUT2D eigenvalue weighted by molar-refractivity contribution is 0.262. The maximum Gasteiger partial charge on any atom is 0.324 e. The summed E-state index contributed by atoms with van der Waals surface area (Å²) in [4.78, 5) is 19.3. The van der Waals surface area contributed by atoms with Gasteiger partial charge in [0, 0.05) is 35.6 Å². The zero-order valence-corrected chi connectivity index (χ0v) is 16.6. The standard InChI is InChI=1S/C21H20FN5O3/c1-21(2,3)17-11-18(27-30-17)26-20(28)25-12-4-5-16(14(22)10-12)29-15-7-9-24-19-13(15)6-8-23-19/h4-11H,1-3H3,(H,23,24)(H2,25,26,27,28). The number of carbonyl (C=O) groups is 1. The molecule has 0 aliphatic carbocycles. The Morgan fingerprint density at radius 1 is 1.13 bits per heavy atom. The van der Waals surface area contributed by atoms with E-state index in [9.17, 15) is 9.18 Å². The van der Waals surface area contributed by atoms with E-state index in [1.807, 2.05) is 20.8 Å². The lowest BCUT2D eigenvalue weighted by atomic mass is 9.93. The van der Waals surface area contributed by atoms with Crippen molar-refractivity contribution in [3.05, 3.63) is 60.4 Å². The van der Waals surface area contributed by atoms with Gasteiger partial charge in [0.1, 0.15) is 17.2 Å². The van der Waals surface area contributed by atoms with Gasteiger partial charge in [-0.1, -0.05) is 25.9 Å². The molecule has 1 aromatic carbocycles. The molecule has 0 saturated heterocycles. The van der Waals surface area contributed by atoms with E-state index in [1.54, 1.807) is 30.6 Å². The van der Waals surface area contributed by atoms with Crippen molar-refractivity contribution in [3.63, 3.8) is 0 Å². The first-order valence-corrected chi connectivity index (χ1v) is 9.24. The second-order valence-electron chi connectivity index (χ2n) is 7.70. The molecule has 3 aromatic heterocycles. The molecule has 8 nitrogen and oxygen atoms in total. The smallest absolute Gasteiger partial charge is 0.324 e. The van der Waals surface area contributed by atoms with Crippen LogP contribution in [-0.4, -0.2) is 21.2 Å². The van der Waals surface area contributed by atoms with E-state index < -0.39 is 11.8 Å². The Kier molecular flexibility index (Phi) is 4.86. The Morgan fingerprint density at radius 2 is 1.97 bits per heavy atom. The summed E-state index contributed by atoms with van der Waals surface area (Å²) in [6.07, 6.45) is 3.30. The second kappa shape index (κ2) is 7.51. The number of hydrogen-bond donors (Lipinski definition) is 3. The summed E-state index contributed by atoms with van der Waals surface area (Å²) in [7, 11) is 0. The number of halogens is 1. The third kappa shape index (κ3) is 4.09. The number of amides is 2. The Labute approximate surface area is 171 Å². The van der Waals surface area contributed by atoms with Crippen LogP contribution in [0.1, 0.15) is 26.5 Å². The van der Waals surface area contributed by atoms with Crippen LogP contribution in [0.25, 0.3) is 11.0 Å². The summed E-state index contributed by atoms with van der Waals surface area (Å²) in [5.74, 6) is 0.786. The highest BCUT2D eigenvalue weighted by Gasteiger charge is 2.20. The maximum absolute atomic E-state index is 14.5. The van der Waals surface area contributed by atoms with Crippen molar-refractivity contribution in [3.8, 4) is 11.5 Å². The first-order valence-electron chi connectivity index (χ1n) is 9.24. The highest BCUT2D eigenvalue weighted by molar-refractivity contribution is 5.99. The minimum absolute atomic E-state index is 0.0287. The average molecular weight is 409 g/mol. The summed E-state index contributed by atoms with van der Waals surface area (Å²) >= 11 is 0. The highest BCUT2D eigenvalue weighted by Crippen LogP contribution is 2.31. The predicted molar refractivity (Wildman–Crippen MR) is 110 cm³/mol. The number of anilines is 2. The Balaban J connectivity index is 1.43. The first kappa shape index (κ1) is 19.4. The first-order chi connectivity index (χ1) is 14.3. The number of ether oxygens (including phenoxy) is 1. The van der Waals surface area contributed by atoms with Crippen LogP contribution in [-0.2, 0) is 5.41 Å². The molecule has 0 aliphatic rings. The number of rotatable bonds is 4. The van der Waals surface area contributed by atoms with Crippen LogP contribution in [0.5, 0.6) is 11.5 Å². The van der Waals surface area contributed by atoms with Gasteiger partial charge in [0.05, 0.1) is 5.39 Å². The number of fused-ring (bicyclic) bond motifs is 1. The number of nitrogens with one attached hydrogen (secondary N) is 3. The molecule has 0 bridgehead atoms. The zero-order valence-electron chi connectivity index (χ0n) is 16.6. The maximum atomic E-state index is 14.5. The number of H-pyrrole nitrogens is 1. The van der Waals surface area contributed by atoms with E-state index in [4.69, 9.17) is 9.26 Å². The quantitative estimate of drug-likeness (QED) is 0.417. The van der Waals surface area contributed by atoms with Crippen molar-refractivity contribution in [2.45, 2.75) is 26.2 Å². The van der Waals surface area contributed by atoms with E-state index in [2.05, 4.69) is 25.8 Å². The molecule has 3 heterocycles. The van der Waals surface area contributed by atoms with Gasteiger partial charge in [0.2, 0.25) is 0 Å². The van der Waals surface area contributed by atoms with Gasteiger partial charge in [-0.05, 0) is 24.3 Å². The van der Waals surface area contributed by atoms with Crippen molar-refractivity contribution in [2.24, 2.45) is 0 Å². The number of pyridine rings is 1. The highest BCUT2D eigenvalue weighted by atomic mass is 19.1. The van der Waals surface area contributed by atoms with Crippen molar-refractivity contribution in [2.75, 3.05) is 10.6 Å². The molecule has 0 spiro atoms. The van der Waals surface area contributed by atoms with Crippen LogP contribution >= 0.6 is 0 Å². The number of aromatic nitrogens is 3. The Bertz CT molecular complexity index is 1210. The van der Waals surface area contributed by atoms with Crippen LogP contribution in [0, 0.1) is 5.82 Å². The molecule has 0 saturated carbocycles. The SMILES string of the molecule is CC(C)(C)c1cc(NC(=O)Nc2ccc(Oc3ccnc4[nH]ccc34)c(F)c2)no1. The van der Waals surface area contributed by atoms with Crippen molar-refractivity contribution >= 4 is 28.6 Å². The Hall–Kier alpha value is -3.88. The fraction of sp³-hybridized carbons (Fsp3) is 0.190. The number of carbonyl (C=O) groups excluding carboxylic acids is 1. The molecule has 2 amide bonds. The van der Waals surface area contributed by atoms with Gasteiger partial charge < -0.3 is 19.6 Å². The van der Waals surface area contributed by atoms with Gasteiger partial charge in [-0.2, -0.15) is 0 Å². The molecule has 0 atom stereocenters. The van der Waals surface area contributed by atoms with Crippen LogP contribution in [0.4, 0.5) is 20.7 Å².